The third-order valence-electron chi connectivity index (χ3n) is 2.38. The van der Waals surface area contributed by atoms with Gasteiger partial charge in [0.2, 0.25) is 11.9 Å². The maximum Gasteiger partial charge on any atom is 0.245 e. The van der Waals surface area contributed by atoms with E-state index in [1.165, 1.54) is 11.1 Å². The van der Waals surface area contributed by atoms with E-state index in [1.54, 1.807) is 0 Å². The number of anilines is 2. The summed E-state index contributed by atoms with van der Waals surface area (Å²) >= 11 is 0. The van der Waals surface area contributed by atoms with Gasteiger partial charge in [-0.05, 0) is 18.1 Å². The molecule has 6 nitrogen and oxygen atoms in total. The Morgan fingerprint density at radius 3 is 2.75 bits per heavy atom. The van der Waals surface area contributed by atoms with Crippen molar-refractivity contribution < 1.29 is 0 Å². The quantitative estimate of drug-likeness (QED) is 0.722. The molecule has 0 aliphatic heterocycles. The maximum atomic E-state index is 4.28. The second-order valence-corrected chi connectivity index (χ2v) is 3.90. The SMILES string of the molecule is Cc1c[nH]cc1CNc1nc(N(C)C)n[nH]1. The zero-order chi connectivity index (χ0) is 11.5. The zero-order valence-corrected chi connectivity index (χ0v) is 9.70. The smallest absolute Gasteiger partial charge is 0.245 e. The molecule has 0 bridgehead atoms. The predicted octanol–water partition coefficient (Wildman–Crippen LogP) is 1.12. The van der Waals surface area contributed by atoms with Crippen LogP contribution in [0.25, 0.3) is 0 Å². The number of H-pyrrole nitrogens is 2. The fraction of sp³-hybridized carbons (Fsp3) is 0.400. The number of hydrogen-bond donors (Lipinski definition) is 3. The summed E-state index contributed by atoms with van der Waals surface area (Å²) in [7, 11) is 3.81. The Morgan fingerprint density at radius 1 is 1.38 bits per heavy atom. The average molecular weight is 220 g/mol. The molecule has 0 saturated carbocycles. The van der Waals surface area contributed by atoms with Gasteiger partial charge in [0.15, 0.2) is 0 Å². The number of aromatic amines is 2. The summed E-state index contributed by atoms with van der Waals surface area (Å²) in [4.78, 5) is 9.19. The molecule has 0 saturated heterocycles. The molecule has 0 aromatic carbocycles. The van der Waals surface area contributed by atoms with Crippen LogP contribution in [-0.2, 0) is 6.54 Å². The Kier molecular flexibility index (Phi) is 2.80. The van der Waals surface area contributed by atoms with Crippen LogP contribution in [0.3, 0.4) is 0 Å². The fourth-order valence-electron chi connectivity index (χ4n) is 1.38. The highest BCUT2D eigenvalue weighted by atomic mass is 15.4. The van der Waals surface area contributed by atoms with Crippen LogP contribution in [0.1, 0.15) is 11.1 Å². The summed E-state index contributed by atoms with van der Waals surface area (Å²) in [6.07, 6.45) is 3.95. The molecule has 0 amide bonds. The lowest BCUT2D eigenvalue weighted by molar-refractivity contribution is 0.996. The van der Waals surface area contributed by atoms with E-state index in [2.05, 4.69) is 32.4 Å². The molecule has 0 spiro atoms. The molecule has 0 unspecified atom stereocenters. The van der Waals surface area contributed by atoms with Gasteiger partial charge in [-0.15, -0.1) is 5.10 Å². The van der Waals surface area contributed by atoms with E-state index in [9.17, 15) is 0 Å². The second kappa shape index (κ2) is 4.26. The molecule has 0 aliphatic rings. The molecular formula is C10H16N6. The Balaban J connectivity index is 1.97. The van der Waals surface area contributed by atoms with Crippen LogP contribution in [-0.4, -0.2) is 34.3 Å². The molecule has 2 aromatic heterocycles. The van der Waals surface area contributed by atoms with Gasteiger partial charge in [0, 0.05) is 33.0 Å². The molecule has 2 heterocycles. The van der Waals surface area contributed by atoms with Crippen LogP contribution in [0.2, 0.25) is 0 Å². The lowest BCUT2D eigenvalue weighted by Gasteiger charge is -2.04. The third-order valence-corrected chi connectivity index (χ3v) is 2.38. The minimum atomic E-state index is 0.674. The summed E-state index contributed by atoms with van der Waals surface area (Å²) in [6, 6.07) is 0. The summed E-state index contributed by atoms with van der Waals surface area (Å²) in [5, 5.41) is 10.1. The van der Waals surface area contributed by atoms with E-state index in [-0.39, 0.29) is 0 Å². The molecule has 0 atom stereocenters. The van der Waals surface area contributed by atoms with Gasteiger partial charge >= 0.3 is 0 Å². The number of aryl methyl sites for hydroxylation is 1. The van der Waals surface area contributed by atoms with Crippen molar-refractivity contribution in [3.63, 3.8) is 0 Å². The maximum absolute atomic E-state index is 4.28. The first kappa shape index (κ1) is 10.5. The molecule has 0 aliphatic carbocycles. The summed E-state index contributed by atoms with van der Waals surface area (Å²) in [5.74, 6) is 1.36. The molecule has 16 heavy (non-hydrogen) atoms. The van der Waals surface area contributed by atoms with Gasteiger partial charge in [-0.25, -0.2) is 5.10 Å². The minimum Gasteiger partial charge on any atom is -0.367 e. The van der Waals surface area contributed by atoms with E-state index in [0.717, 1.165) is 6.54 Å². The molecule has 6 heteroatoms. The van der Waals surface area contributed by atoms with E-state index in [0.29, 0.717) is 11.9 Å². The van der Waals surface area contributed by atoms with Crippen molar-refractivity contribution in [2.45, 2.75) is 13.5 Å². The van der Waals surface area contributed by atoms with Gasteiger partial charge in [0.05, 0.1) is 0 Å². The Labute approximate surface area is 94.1 Å². The first-order valence-corrected chi connectivity index (χ1v) is 5.12. The van der Waals surface area contributed by atoms with Gasteiger partial charge in [0.25, 0.3) is 0 Å². The molecule has 0 fully saturated rings. The van der Waals surface area contributed by atoms with Gasteiger partial charge in [-0.2, -0.15) is 4.98 Å². The van der Waals surface area contributed by atoms with Gasteiger partial charge < -0.3 is 15.2 Å². The molecule has 86 valence electrons. The zero-order valence-electron chi connectivity index (χ0n) is 9.70. The molecule has 3 N–H and O–H groups in total. The first-order valence-electron chi connectivity index (χ1n) is 5.12. The van der Waals surface area contributed by atoms with E-state index in [1.807, 2.05) is 31.4 Å². The van der Waals surface area contributed by atoms with Crippen molar-refractivity contribution in [1.29, 1.82) is 0 Å². The lowest BCUT2D eigenvalue weighted by Crippen LogP contribution is -2.10. The van der Waals surface area contributed by atoms with Gasteiger partial charge in [-0.3, -0.25) is 0 Å². The molecule has 2 aromatic rings. The van der Waals surface area contributed by atoms with Gasteiger partial charge in [0.1, 0.15) is 0 Å². The van der Waals surface area contributed by atoms with Crippen molar-refractivity contribution in [2.75, 3.05) is 24.3 Å². The summed E-state index contributed by atoms with van der Waals surface area (Å²) in [5.41, 5.74) is 2.46. The topological polar surface area (TPSA) is 72.6 Å². The standard InChI is InChI=1S/C10H16N6/c1-7-4-11-5-8(7)6-12-9-13-10(15-14-9)16(2)3/h4-5,11H,6H2,1-3H3,(H2,12,13,14,15). The first-order chi connectivity index (χ1) is 7.66. The van der Waals surface area contributed by atoms with Crippen LogP contribution < -0.4 is 10.2 Å². The van der Waals surface area contributed by atoms with Crippen molar-refractivity contribution in [2.24, 2.45) is 0 Å². The highest BCUT2D eigenvalue weighted by Crippen LogP contribution is 2.10. The largest absolute Gasteiger partial charge is 0.367 e. The minimum absolute atomic E-state index is 0.674. The second-order valence-electron chi connectivity index (χ2n) is 3.90. The van der Waals surface area contributed by atoms with Crippen molar-refractivity contribution in [1.82, 2.24) is 20.2 Å². The predicted molar refractivity (Wildman–Crippen MR) is 63.6 cm³/mol. The summed E-state index contributed by atoms with van der Waals surface area (Å²) < 4.78 is 0. The number of hydrogen-bond acceptors (Lipinski definition) is 4. The summed E-state index contributed by atoms with van der Waals surface area (Å²) in [6.45, 7) is 2.80. The van der Waals surface area contributed by atoms with E-state index >= 15 is 0 Å². The Bertz CT molecular complexity index is 455. The van der Waals surface area contributed by atoms with Crippen LogP contribution in [0.5, 0.6) is 0 Å². The van der Waals surface area contributed by atoms with Crippen molar-refractivity contribution in [3.05, 3.63) is 23.5 Å². The van der Waals surface area contributed by atoms with Crippen LogP contribution in [0, 0.1) is 6.92 Å². The van der Waals surface area contributed by atoms with Crippen LogP contribution in [0.4, 0.5) is 11.9 Å². The van der Waals surface area contributed by atoms with Crippen molar-refractivity contribution in [3.8, 4) is 0 Å². The number of nitrogens with one attached hydrogen (secondary N) is 3. The number of aromatic nitrogens is 4. The molecule has 0 radical (unpaired) electrons. The Morgan fingerprint density at radius 2 is 2.19 bits per heavy atom. The normalized spacial score (nSPS) is 10.4. The van der Waals surface area contributed by atoms with Crippen molar-refractivity contribution >= 4 is 11.9 Å². The van der Waals surface area contributed by atoms with Gasteiger partial charge in [-0.1, -0.05) is 0 Å². The highest BCUT2D eigenvalue weighted by Gasteiger charge is 2.04. The van der Waals surface area contributed by atoms with E-state index < -0.39 is 0 Å². The Hall–Kier alpha value is -1.98. The molecular weight excluding hydrogens is 204 g/mol. The monoisotopic (exact) mass is 220 g/mol. The van der Waals surface area contributed by atoms with Crippen LogP contribution >= 0.6 is 0 Å². The third kappa shape index (κ3) is 2.16. The lowest BCUT2D eigenvalue weighted by atomic mass is 10.2. The fourth-order valence-corrected chi connectivity index (χ4v) is 1.38. The van der Waals surface area contributed by atoms with Crippen LogP contribution in [0.15, 0.2) is 12.4 Å². The highest BCUT2D eigenvalue weighted by molar-refractivity contribution is 5.36. The average Bonchev–Trinajstić information content (AvgIpc) is 2.83. The number of rotatable bonds is 4. The van der Waals surface area contributed by atoms with E-state index in [4.69, 9.17) is 0 Å². The molecule has 2 rings (SSSR count). The number of nitrogens with zero attached hydrogens (tertiary/aromatic N) is 3.